The summed E-state index contributed by atoms with van der Waals surface area (Å²) in [7, 11) is 0. The SMILES string of the molecule is Cc1cc(C(=O)COC(=O)Cn2cnc3ccccc3c2=O)c(C)n1C1CC1. The van der Waals surface area contributed by atoms with Gasteiger partial charge in [-0.1, -0.05) is 12.1 Å². The summed E-state index contributed by atoms with van der Waals surface area (Å²) in [5.74, 6) is -0.888. The van der Waals surface area contributed by atoms with E-state index in [-0.39, 0.29) is 24.5 Å². The fourth-order valence-electron chi connectivity index (χ4n) is 3.58. The minimum atomic E-state index is -0.650. The molecule has 7 heteroatoms. The van der Waals surface area contributed by atoms with Crippen LogP contribution in [0.3, 0.4) is 0 Å². The first-order valence-electron chi connectivity index (χ1n) is 9.27. The van der Waals surface area contributed by atoms with Gasteiger partial charge in [-0.25, -0.2) is 4.98 Å². The van der Waals surface area contributed by atoms with Gasteiger partial charge in [-0.2, -0.15) is 0 Å². The summed E-state index contributed by atoms with van der Waals surface area (Å²) in [6.07, 6.45) is 3.58. The zero-order chi connectivity index (χ0) is 19.8. The van der Waals surface area contributed by atoms with Crippen LogP contribution < -0.4 is 5.56 Å². The Labute approximate surface area is 161 Å². The summed E-state index contributed by atoms with van der Waals surface area (Å²) in [6, 6.07) is 9.25. The molecule has 0 saturated heterocycles. The van der Waals surface area contributed by atoms with Crippen LogP contribution in [-0.4, -0.2) is 32.5 Å². The first kappa shape index (κ1) is 18.2. The number of hydrogen-bond donors (Lipinski definition) is 0. The van der Waals surface area contributed by atoms with Crippen molar-refractivity contribution >= 4 is 22.7 Å². The maximum absolute atomic E-state index is 12.5. The summed E-state index contributed by atoms with van der Waals surface area (Å²) in [4.78, 5) is 41.2. The quantitative estimate of drug-likeness (QED) is 0.486. The molecule has 1 aliphatic rings. The van der Waals surface area contributed by atoms with Crippen molar-refractivity contribution in [2.24, 2.45) is 0 Å². The molecule has 0 spiro atoms. The number of para-hydroxylation sites is 1. The van der Waals surface area contributed by atoms with Gasteiger partial charge in [0.1, 0.15) is 6.54 Å². The molecule has 144 valence electrons. The summed E-state index contributed by atoms with van der Waals surface area (Å²) in [5.41, 5.74) is 2.79. The molecule has 0 aliphatic heterocycles. The third-order valence-electron chi connectivity index (χ3n) is 5.09. The predicted octanol–water partition coefficient (Wildman–Crippen LogP) is 2.58. The van der Waals surface area contributed by atoms with Crippen molar-refractivity contribution in [3.05, 3.63) is 64.0 Å². The van der Waals surface area contributed by atoms with E-state index in [2.05, 4.69) is 9.55 Å². The number of esters is 1. The smallest absolute Gasteiger partial charge is 0.326 e. The lowest BCUT2D eigenvalue weighted by atomic mass is 10.1. The Morgan fingerprint density at radius 2 is 1.96 bits per heavy atom. The van der Waals surface area contributed by atoms with Gasteiger partial charge in [0.05, 0.1) is 17.2 Å². The molecule has 0 bridgehead atoms. The molecule has 0 atom stereocenters. The standard InChI is InChI=1S/C21H21N3O4/c1-13-9-17(14(2)24(13)15-7-8-15)19(25)11-28-20(26)10-23-12-22-18-6-4-3-5-16(18)21(23)27/h3-6,9,12,15H,7-8,10-11H2,1-2H3. The molecule has 4 rings (SSSR count). The Morgan fingerprint density at radius 3 is 2.71 bits per heavy atom. The lowest BCUT2D eigenvalue weighted by Crippen LogP contribution is -2.26. The average Bonchev–Trinajstić information content (AvgIpc) is 3.47. The number of aromatic nitrogens is 3. The highest BCUT2D eigenvalue weighted by Gasteiger charge is 2.28. The van der Waals surface area contributed by atoms with Crippen molar-refractivity contribution in [2.45, 2.75) is 39.3 Å². The largest absolute Gasteiger partial charge is 0.456 e. The van der Waals surface area contributed by atoms with Gasteiger partial charge in [-0.15, -0.1) is 0 Å². The highest BCUT2D eigenvalue weighted by Crippen LogP contribution is 2.38. The van der Waals surface area contributed by atoms with Crippen LogP contribution in [0.2, 0.25) is 0 Å². The van der Waals surface area contributed by atoms with Gasteiger partial charge in [0.2, 0.25) is 5.78 Å². The van der Waals surface area contributed by atoms with Crippen LogP contribution >= 0.6 is 0 Å². The number of Topliss-reactive ketones (excluding diaryl/α,β-unsaturated/α-hetero) is 1. The van der Waals surface area contributed by atoms with Crippen molar-refractivity contribution in [3.8, 4) is 0 Å². The number of ether oxygens (including phenoxy) is 1. The Balaban J connectivity index is 1.42. The van der Waals surface area contributed by atoms with E-state index in [1.807, 2.05) is 19.9 Å². The molecular formula is C21H21N3O4. The number of rotatable bonds is 6. The minimum Gasteiger partial charge on any atom is -0.456 e. The molecule has 0 radical (unpaired) electrons. The molecule has 1 aromatic carbocycles. The number of ketones is 1. The van der Waals surface area contributed by atoms with Gasteiger partial charge < -0.3 is 9.30 Å². The van der Waals surface area contributed by atoms with Crippen LogP contribution in [0.1, 0.15) is 40.6 Å². The summed E-state index contributed by atoms with van der Waals surface area (Å²) in [5, 5.41) is 0.432. The van der Waals surface area contributed by atoms with E-state index in [1.54, 1.807) is 24.3 Å². The Morgan fingerprint density at radius 1 is 1.21 bits per heavy atom. The molecule has 2 aromatic heterocycles. The van der Waals surface area contributed by atoms with E-state index in [1.165, 1.54) is 10.9 Å². The summed E-state index contributed by atoms with van der Waals surface area (Å²) in [6.45, 7) is 3.27. The molecule has 28 heavy (non-hydrogen) atoms. The summed E-state index contributed by atoms with van der Waals surface area (Å²) < 4.78 is 8.49. The monoisotopic (exact) mass is 379 g/mol. The zero-order valence-corrected chi connectivity index (χ0v) is 15.8. The molecule has 1 saturated carbocycles. The van der Waals surface area contributed by atoms with Crippen LogP contribution in [0.15, 0.2) is 41.5 Å². The number of carbonyl (C=O) groups excluding carboxylic acids is 2. The average molecular weight is 379 g/mol. The molecule has 0 amide bonds. The second kappa shape index (κ2) is 7.07. The van der Waals surface area contributed by atoms with E-state index >= 15 is 0 Å². The first-order valence-corrected chi connectivity index (χ1v) is 9.27. The van der Waals surface area contributed by atoms with Crippen molar-refractivity contribution in [3.63, 3.8) is 0 Å². The maximum atomic E-state index is 12.5. The molecule has 7 nitrogen and oxygen atoms in total. The Kier molecular flexibility index (Phi) is 4.58. The molecule has 1 aliphatic carbocycles. The molecule has 3 aromatic rings. The zero-order valence-electron chi connectivity index (χ0n) is 15.8. The molecule has 2 heterocycles. The summed E-state index contributed by atoms with van der Waals surface area (Å²) >= 11 is 0. The van der Waals surface area contributed by atoms with Crippen LogP contribution in [0.5, 0.6) is 0 Å². The van der Waals surface area contributed by atoms with Crippen LogP contribution in [0, 0.1) is 13.8 Å². The molecule has 1 fully saturated rings. The first-order chi connectivity index (χ1) is 13.5. The van der Waals surface area contributed by atoms with Crippen molar-refractivity contribution < 1.29 is 14.3 Å². The number of fused-ring (bicyclic) bond motifs is 1. The van der Waals surface area contributed by atoms with Gasteiger partial charge in [0, 0.05) is 23.0 Å². The van der Waals surface area contributed by atoms with Crippen molar-refractivity contribution in [1.29, 1.82) is 0 Å². The van der Waals surface area contributed by atoms with Crippen LogP contribution in [-0.2, 0) is 16.1 Å². The second-order valence-corrected chi connectivity index (χ2v) is 7.16. The number of aryl methyl sites for hydroxylation is 1. The second-order valence-electron chi connectivity index (χ2n) is 7.16. The van der Waals surface area contributed by atoms with Gasteiger partial charge >= 0.3 is 5.97 Å². The third kappa shape index (κ3) is 3.35. The maximum Gasteiger partial charge on any atom is 0.326 e. The highest BCUT2D eigenvalue weighted by atomic mass is 16.5. The van der Waals surface area contributed by atoms with Crippen molar-refractivity contribution in [2.75, 3.05) is 6.61 Å². The van der Waals surface area contributed by atoms with Gasteiger partial charge in [-0.3, -0.25) is 19.0 Å². The third-order valence-corrected chi connectivity index (χ3v) is 5.09. The van der Waals surface area contributed by atoms with E-state index in [4.69, 9.17) is 4.74 Å². The number of benzene rings is 1. The van der Waals surface area contributed by atoms with Crippen LogP contribution in [0.25, 0.3) is 10.9 Å². The number of nitrogens with zero attached hydrogens (tertiary/aromatic N) is 3. The van der Waals surface area contributed by atoms with E-state index in [0.717, 1.165) is 24.2 Å². The van der Waals surface area contributed by atoms with E-state index < -0.39 is 5.97 Å². The van der Waals surface area contributed by atoms with Crippen molar-refractivity contribution in [1.82, 2.24) is 14.1 Å². The fourth-order valence-corrected chi connectivity index (χ4v) is 3.58. The minimum absolute atomic E-state index is 0.239. The molecule has 0 unspecified atom stereocenters. The highest BCUT2D eigenvalue weighted by molar-refractivity contribution is 5.99. The van der Waals surface area contributed by atoms with Crippen LogP contribution in [0.4, 0.5) is 0 Å². The van der Waals surface area contributed by atoms with E-state index in [0.29, 0.717) is 22.5 Å². The van der Waals surface area contributed by atoms with Gasteiger partial charge in [0.15, 0.2) is 6.61 Å². The lowest BCUT2D eigenvalue weighted by Gasteiger charge is -2.08. The van der Waals surface area contributed by atoms with E-state index in [9.17, 15) is 14.4 Å². The Bertz CT molecular complexity index is 1140. The lowest BCUT2D eigenvalue weighted by molar-refractivity contribution is -0.143. The van der Waals surface area contributed by atoms with Gasteiger partial charge in [0.25, 0.3) is 5.56 Å². The Hall–Kier alpha value is -3.22. The van der Waals surface area contributed by atoms with Gasteiger partial charge in [-0.05, 0) is 44.9 Å². The topological polar surface area (TPSA) is 83.2 Å². The molecule has 0 N–H and O–H groups in total. The number of carbonyl (C=O) groups is 2. The number of hydrogen-bond acceptors (Lipinski definition) is 5. The molecular weight excluding hydrogens is 358 g/mol. The predicted molar refractivity (Wildman–Crippen MR) is 103 cm³/mol. The fraction of sp³-hybridized carbons (Fsp3) is 0.333. The normalized spacial score (nSPS) is 13.6.